The number of aromatic nitrogens is 3. The van der Waals surface area contributed by atoms with Crippen molar-refractivity contribution in [3.05, 3.63) is 18.1 Å². The zero-order valence-corrected chi connectivity index (χ0v) is 17.6. The second-order valence-corrected chi connectivity index (χ2v) is 9.59. The summed E-state index contributed by atoms with van der Waals surface area (Å²) in [7, 11) is -10.5. The fourth-order valence-electron chi connectivity index (χ4n) is 3.20. The Morgan fingerprint density at radius 2 is 2.06 bits per heavy atom. The van der Waals surface area contributed by atoms with Crippen LogP contribution in [-0.4, -0.2) is 70.1 Å². The number of nitrogens with two attached hydrogens (primary N) is 2. The average molecular weight is 482 g/mol. The van der Waals surface area contributed by atoms with Crippen molar-refractivity contribution in [3.63, 3.8) is 0 Å². The van der Waals surface area contributed by atoms with E-state index in [0.29, 0.717) is 10.9 Å². The molecule has 0 radical (unpaired) electrons. The number of phosphoric ester groups is 1. The first kappa shape index (κ1) is 23.7. The molecule has 4 unspecified atom stereocenters. The zero-order valence-electron chi connectivity index (χ0n) is 15.8. The first-order valence-electron chi connectivity index (χ1n) is 8.41. The van der Waals surface area contributed by atoms with Crippen LogP contribution in [0, 0.1) is 0 Å². The molecule has 0 saturated carbocycles. The molecule has 1 aliphatic rings. The first-order chi connectivity index (χ1) is 14.3. The van der Waals surface area contributed by atoms with Gasteiger partial charge in [0.05, 0.1) is 18.2 Å². The van der Waals surface area contributed by atoms with Crippen molar-refractivity contribution in [1.29, 1.82) is 0 Å². The second kappa shape index (κ2) is 8.18. The Morgan fingerprint density at radius 3 is 2.68 bits per heavy atom. The summed E-state index contributed by atoms with van der Waals surface area (Å²) in [6.07, 6.45) is -0.483. The molecule has 2 aromatic heterocycles. The molecular weight excluding hydrogens is 462 g/mol. The van der Waals surface area contributed by atoms with Gasteiger partial charge in [-0.15, -0.1) is 0 Å². The number of ether oxygens (including phenoxy) is 1. The van der Waals surface area contributed by atoms with Crippen molar-refractivity contribution < 1.29 is 47.6 Å². The van der Waals surface area contributed by atoms with E-state index in [2.05, 4.69) is 23.9 Å². The van der Waals surface area contributed by atoms with E-state index in [0.717, 1.165) is 0 Å². The average Bonchev–Trinajstić information content (AvgIpc) is 3.09. The Labute approximate surface area is 173 Å². The van der Waals surface area contributed by atoms with Gasteiger partial charge >= 0.3 is 15.6 Å². The molecule has 9 N–H and O–H groups in total. The highest BCUT2D eigenvalue weighted by molar-refractivity contribution is 7.60. The number of phosphoric acid groups is 2. The molecular formula is C13H20N6O10P2. The zero-order chi connectivity index (χ0) is 23.2. The number of rotatable bonds is 7. The minimum atomic E-state index is -5.33. The molecule has 1 fully saturated rings. The molecule has 16 nitrogen and oxygen atoms in total. The summed E-state index contributed by atoms with van der Waals surface area (Å²) in [5, 5.41) is 25.1. The lowest BCUT2D eigenvalue weighted by molar-refractivity contribution is -0.0947. The van der Waals surface area contributed by atoms with Crippen LogP contribution in [0.25, 0.3) is 11.0 Å². The molecule has 1 saturated heterocycles. The van der Waals surface area contributed by atoms with Gasteiger partial charge in [0.2, 0.25) is 0 Å². The molecule has 0 aliphatic carbocycles. The maximum Gasteiger partial charge on any atom is 0.481 e. The Kier molecular flexibility index (Phi) is 6.25. The monoisotopic (exact) mass is 482 g/mol. The van der Waals surface area contributed by atoms with Crippen LogP contribution in [-0.2, 0) is 22.7 Å². The summed E-state index contributed by atoms with van der Waals surface area (Å²) in [5.74, 6) is 5.30. The minimum Gasteiger partial charge on any atom is -0.387 e. The SMILES string of the molecule is C[C@@]1(O)C(O)C(COP(=O)(O)OP(=O)(O)O)OC1n1cc(/C=N/N)c2c(N)ncnc21. The molecule has 0 spiro atoms. The Bertz CT molecular complexity index is 1100. The number of fused-ring (bicyclic) bond motifs is 1. The quantitative estimate of drug-likeness (QED) is 0.103. The van der Waals surface area contributed by atoms with Crippen LogP contribution in [0.15, 0.2) is 17.6 Å². The Hall–Kier alpha value is -1.97. The lowest BCUT2D eigenvalue weighted by Crippen LogP contribution is -2.44. The van der Waals surface area contributed by atoms with Crippen LogP contribution in [0.1, 0.15) is 18.7 Å². The van der Waals surface area contributed by atoms with Gasteiger partial charge in [-0.1, -0.05) is 0 Å². The van der Waals surface area contributed by atoms with E-state index in [4.69, 9.17) is 26.1 Å². The summed E-state index contributed by atoms with van der Waals surface area (Å²) in [6, 6.07) is 0. The number of aliphatic hydroxyl groups is 2. The number of anilines is 1. The largest absolute Gasteiger partial charge is 0.481 e. The molecule has 31 heavy (non-hydrogen) atoms. The fraction of sp³-hybridized carbons (Fsp3) is 0.462. The van der Waals surface area contributed by atoms with Gasteiger partial charge in [-0.2, -0.15) is 9.41 Å². The highest BCUT2D eigenvalue weighted by Crippen LogP contribution is 2.58. The van der Waals surface area contributed by atoms with E-state index in [-0.39, 0.29) is 11.5 Å². The molecule has 0 amide bonds. The fourth-order valence-corrected chi connectivity index (χ4v) is 4.80. The lowest BCUT2D eigenvalue weighted by atomic mass is 9.96. The third-order valence-electron chi connectivity index (χ3n) is 4.50. The van der Waals surface area contributed by atoms with Crippen molar-refractivity contribution in [3.8, 4) is 0 Å². The van der Waals surface area contributed by atoms with Crippen LogP contribution in [0.5, 0.6) is 0 Å². The van der Waals surface area contributed by atoms with Gasteiger partial charge in [-0.05, 0) is 6.92 Å². The molecule has 0 bridgehead atoms. The van der Waals surface area contributed by atoms with Crippen molar-refractivity contribution in [2.45, 2.75) is 31.0 Å². The third kappa shape index (κ3) is 4.78. The standard InChI is InChI=1S/C13H20N6O10P2/c1-13(21)9(20)7(4-27-31(25,26)29-30(22,23)24)28-12(13)19-3-6(2-18-15)8-10(14)16-5-17-11(8)19/h2-3,5,7,9,12,20-21H,4,15H2,1H3,(H,25,26)(H2,14,16,17)(H2,22,23,24)/b18-2+/t7?,9?,12?,13-/m1/s1. The van der Waals surface area contributed by atoms with Crippen LogP contribution >= 0.6 is 15.6 Å². The van der Waals surface area contributed by atoms with Gasteiger partial charge in [0.25, 0.3) is 0 Å². The second-order valence-electron chi connectivity index (χ2n) is 6.76. The van der Waals surface area contributed by atoms with Crippen LogP contribution in [0.3, 0.4) is 0 Å². The van der Waals surface area contributed by atoms with Crippen molar-refractivity contribution in [1.82, 2.24) is 14.5 Å². The summed E-state index contributed by atoms with van der Waals surface area (Å²) in [5.41, 5.74) is 4.52. The van der Waals surface area contributed by atoms with Gasteiger partial charge < -0.3 is 45.8 Å². The van der Waals surface area contributed by atoms with Crippen LogP contribution in [0.4, 0.5) is 5.82 Å². The number of hydrogen-bond donors (Lipinski definition) is 7. The Balaban J connectivity index is 1.91. The number of hydrogen-bond acceptors (Lipinski definition) is 12. The van der Waals surface area contributed by atoms with E-state index in [1.54, 1.807) is 0 Å². The lowest BCUT2D eigenvalue weighted by Gasteiger charge is -2.27. The van der Waals surface area contributed by atoms with E-state index in [1.165, 1.54) is 30.2 Å². The predicted molar refractivity (Wildman–Crippen MR) is 103 cm³/mol. The summed E-state index contributed by atoms with van der Waals surface area (Å²) < 4.78 is 37.5. The van der Waals surface area contributed by atoms with Crippen molar-refractivity contribution >= 4 is 38.7 Å². The molecule has 172 valence electrons. The highest BCUT2D eigenvalue weighted by Gasteiger charge is 2.54. The number of hydrazone groups is 1. The van der Waals surface area contributed by atoms with Gasteiger partial charge in [-0.3, -0.25) is 4.52 Å². The van der Waals surface area contributed by atoms with E-state index < -0.39 is 46.3 Å². The molecule has 3 heterocycles. The van der Waals surface area contributed by atoms with Gasteiger partial charge in [0.1, 0.15) is 35.6 Å². The maximum atomic E-state index is 11.7. The number of aliphatic hydroxyl groups excluding tert-OH is 1. The molecule has 3 rings (SSSR count). The first-order valence-corrected chi connectivity index (χ1v) is 11.4. The minimum absolute atomic E-state index is 0.0903. The van der Waals surface area contributed by atoms with Crippen LogP contribution < -0.4 is 11.6 Å². The molecule has 5 atom stereocenters. The normalized spacial score (nSPS) is 29.0. The van der Waals surface area contributed by atoms with Gasteiger partial charge in [0, 0.05) is 11.8 Å². The number of nitrogens with zero attached hydrogens (tertiary/aromatic N) is 4. The molecule has 1 aliphatic heterocycles. The van der Waals surface area contributed by atoms with Gasteiger partial charge in [0.15, 0.2) is 6.23 Å². The van der Waals surface area contributed by atoms with E-state index in [9.17, 15) is 24.2 Å². The molecule has 18 heteroatoms. The maximum absolute atomic E-state index is 11.7. The van der Waals surface area contributed by atoms with E-state index >= 15 is 0 Å². The van der Waals surface area contributed by atoms with E-state index in [1.807, 2.05) is 0 Å². The Morgan fingerprint density at radius 1 is 1.39 bits per heavy atom. The topological polar surface area (TPSA) is 258 Å². The van der Waals surface area contributed by atoms with Crippen molar-refractivity contribution in [2.75, 3.05) is 12.3 Å². The number of nitrogen functional groups attached to an aromatic ring is 1. The predicted octanol–water partition coefficient (Wildman–Crippen LogP) is -1.46. The van der Waals surface area contributed by atoms with Crippen LogP contribution in [0.2, 0.25) is 0 Å². The molecule has 2 aromatic rings. The van der Waals surface area contributed by atoms with Crippen molar-refractivity contribution in [2.24, 2.45) is 10.9 Å². The summed E-state index contributed by atoms with van der Waals surface area (Å²) >= 11 is 0. The molecule has 0 aromatic carbocycles. The highest BCUT2D eigenvalue weighted by atomic mass is 31.3. The smallest absolute Gasteiger partial charge is 0.387 e. The summed E-state index contributed by atoms with van der Waals surface area (Å²) in [6.45, 7) is 0.384. The third-order valence-corrected chi connectivity index (χ3v) is 6.65. The van der Waals surface area contributed by atoms with Gasteiger partial charge in [-0.25, -0.2) is 19.1 Å². The summed E-state index contributed by atoms with van der Waals surface area (Å²) in [4.78, 5) is 34.7.